The van der Waals surface area contributed by atoms with Crippen molar-refractivity contribution in [2.24, 2.45) is 0 Å². The fourth-order valence-electron chi connectivity index (χ4n) is 2.60. The number of hydrogen-bond acceptors (Lipinski definition) is 3. The van der Waals surface area contributed by atoms with E-state index in [1.807, 2.05) is 23.3 Å². The average Bonchev–Trinajstić information content (AvgIpc) is 2.92. The van der Waals surface area contributed by atoms with Crippen molar-refractivity contribution >= 4 is 23.3 Å². The summed E-state index contributed by atoms with van der Waals surface area (Å²) in [6.07, 6.45) is 3.31. The third-order valence-corrected chi connectivity index (χ3v) is 5.08. The normalized spacial score (nSPS) is 16.2. The van der Waals surface area contributed by atoms with Gasteiger partial charge in [0.25, 0.3) is 0 Å². The van der Waals surface area contributed by atoms with E-state index in [9.17, 15) is 9.59 Å². The molecule has 1 aliphatic rings. The summed E-state index contributed by atoms with van der Waals surface area (Å²) in [5.41, 5.74) is 1.20. The van der Waals surface area contributed by atoms with Crippen molar-refractivity contribution in [2.75, 3.05) is 20.1 Å². The molecule has 0 spiro atoms. The second kappa shape index (κ2) is 7.63. The molecular weight excluding hydrogens is 298 g/mol. The number of carbonyl (C=O) groups is 2. The number of urea groups is 1. The Morgan fingerprint density at radius 2 is 2.05 bits per heavy atom. The van der Waals surface area contributed by atoms with Crippen LogP contribution in [0.4, 0.5) is 4.79 Å². The third-order valence-electron chi connectivity index (χ3n) is 4.07. The molecule has 0 radical (unpaired) electrons. The van der Waals surface area contributed by atoms with Gasteiger partial charge in [-0.3, -0.25) is 4.79 Å². The highest BCUT2D eigenvalue weighted by molar-refractivity contribution is 7.10. The van der Waals surface area contributed by atoms with Crippen molar-refractivity contribution in [1.82, 2.24) is 15.1 Å². The lowest BCUT2D eigenvalue weighted by Crippen LogP contribution is -2.51. The molecule has 1 aliphatic heterocycles. The van der Waals surface area contributed by atoms with Crippen molar-refractivity contribution in [3.63, 3.8) is 0 Å². The number of piperidine rings is 1. The Kier molecular flexibility index (Phi) is 5.83. The minimum atomic E-state index is -0.475. The van der Waals surface area contributed by atoms with Crippen LogP contribution in [0.3, 0.4) is 0 Å². The van der Waals surface area contributed by atoms with Gasteiger partial charge in [0.05, 0.1) is 6.54 Å². The van der Waals surface area contributed by atoms with Gasteiger partial charge >= 0.3 is 6.03 Å². The van der Waals surface area contributed by atoms with E-state index in [0.29, 0.717) is 6.54 Å². The largest absolute Gasteiger partial charge is 0.341 e. The van der Waals surface area contributed by atoms with Crippen molar-refractivity contribution in [3.8, 4) is 0 Å². The molecule has 1 atom stereocenters. The van der Waals surface area contributed by atoms with E-state index in [0.717, 1.165) is 25.9 Å². The van der Waals surface area contributed by atoms with Gasteiger partial charge in [-0.1, -0.05) is 0 Å². The van der Waals surface area contributed by atoms with Crippen LogP contribution in [0, 0.1) is 6.92 Å². The molecule has 1 fully saturated rings. The smallest absolute Gasteiger partial charge is 0.318 e. The van der Waals surface area contributed by atoms with Gasteiger partial charge in [0.1, 0.15) is 6.04 Å². The highest BCUT2D eigenvalue weighted by atomic mass is 32.1. The Balaban J connectivity index is 1.84. The molecule has 2 rings (SSSR count). The van der Waals surface area contributed by atoms with Crippen LogP contribution in [0.25, 0.3) is 0 Å². The number of hydrogen-bond donors (Lipinski definition) is 1. The van der Waals surface area contributed by atoms with Crippen LogP contribution >= 0.6 is 11.3 Å². The first-order chi connectivity index (χ1) is 10.5. The van der Waals surface area contributed by atoms with Gasteiger partial charge in [0.15, 0.2) is 0 Å². The summed E-state index contributed by atoms with van der Waals surface area (Å²) >= 11 is 1.65. The maximum Gasteiger partial charge on any atom is 0.318 e. The molecule has 0 aromatic carbocycles. The molecule has 0 bridgehead atoms. The molecule has 1 aromatic rings. The number of aryl methyl sites for hydroxylation is 1. The van der Waals surface area contributed by atoms with Crippen LogP contribution in [-0.2, 0) is 11.3 Å². The van der Waals surface area contributed by atoms with Crippen LogP contribution in [0.1, 0.15) is 36.6 Å². The Bertz CT molecular complexity index is 523. The summed E-state index contributed by atoms with van der Waals surface area (Å²) in [4.78, 5) is 29.2. The Labute approximate surface area is 136 Å². The molecule has 3 amide bonds. The van der Waals surface area contributed by atoms with Gasteiger partial charge < -0.3 is 15.1 Å². The maximum absolute atomic E-state index is 12.3. The lowest BCUT2D eigenvalue weighted by molar-refractivity contribution is -0.133. The first kappa shape index (κ1) is 16.8. The Morgan fingerprint density at radius 3 is 2.64 bits per heavy atom. The summed E-state index contributed by atoms with van der Waals surface area (Å²) in [6, 6.07) is 1.37. The van der Waals surface area contributed by atoms with Crippen molar-refractivity contribution in [1.29, 1.82) is 0 Å². The zero-order chi connectivity index (χ0) is 16.1. The van der Waals surface area contributed by atoms with Crippen molar-refractivity contribution < 1.29 is 9.59 Å². The number of amides is 3. The Morgan fingerprint density at radius 1 is 1.36 bits per heavy atom. The minimum absolute atomic E-state index is 0.0220. The molecule has 6 heteroatoms. The number of likely N-dealkylation sites (tertiary alicyclic amines) is 1. The molecule has 0 saturated carbocycles. The first-order valence-electron chi connectivity index (χ1n) is 7.82. The zero-order valence-corrected chi connectivity index (χ0v) is 14.4. The number of thiophene rings is 1. The molecule has 0 aliphatic carbocycles. The van der Waals surface area contributed by atoms with Gasteiger partial charge in [0, 0.05) is 25.0 Å². The van der Waals surface area contributed by atoms with E-state index in [1.54, 1.807) is 30.2 Å². The van der Waals surface area contributed by atoms with E-state index < -0.39 is 6.04 Å². The molecule has 1 N–H and O–H groups in total. The van der Waals surface area contributed by atoms with Crippen LogP contribution < -0.4 is 5.32 Å². The second-order valence-electron chi connectivity index (χ2n) is 5.94. The minimum Gasteiger partial charge on any atom is -0.341 e. The van der Waals surface area contributed by atoms with E-state index in [2.05, 4.69) is 5.32 Å². The van der Waals surface area contributed by atoms with Gasteiger partial charge in [-0.05, 0) is 50.1 Å². The molecule has 2 heterocycles. The van der Waals surface area contributed by atoms with E-state index in [1.165, 1.54) is 16.9 Å². The van der Waals surface area contributed by atoms with E-state index >= 15 is 0 Å². The zero-order valence-electron chi connectivity index (χ0n) is 13.6. The van der Waals surface area contributed by atoms with Gasteiger partial charge in [0.2, 0.25) is 5.91 Å². The molecule has 1 aromatic heterocycles. The number of rotatable bonds is 4. The van der Waals surface area contributed by atoms with Gasteiger partial charge in [-0.15, -0.1) is 11.3 Å². The maximum atomic E-state index is 12.3. The van der Waals surface area contributed by atoms with Crippen LogP contribution in [0.2, 0.25) is 0 Å². The second-order valence-corrected chi connectivity index (χ2v) is 6.94. The van der Waals surface area contributed by atoms with Gasteiger partial charge in [-0.2, -0.15) is 0 Å². The van der Waals surface area contributed by atoms with Crippen LogP contribution in [0.5, 0.6) is 0 Å². The highest BCUT2D eigenvalue weighted by Crippen LogP contribution is 2.17. The topological polar surface area (TPSA) is 52.7 Å². The lowest BCUT2D eigenvalue weighted by atomic mass is 10.1. The molecule has 5 nitrogen and oxygen atoms in total. The first-order valence-corrected chi connectivity index (χ1v) is 8.70. The van der Waals surface area contributed by atoms with Crippen LogP contribution in [-0.4, -0.2) is 47.9 Å². The number of nitrogens with one attached hydrogen (secondary N) is 1. The summed E-state index contributed by atoms with van der Waals surface area (Å²) in [6.45, 7) is 5.99. The summed E-state index contributed by atoms with van der Waals surface area (Å²) < 4.78 is 0. The Hall–Kier alpha value is -1.56. The lowest BCUT2D eigenvalue weighted by Gasteiger charge is -2.30. The molecular formula is C16H25N3O2S. The predicted molar refractivity (Wildman–Crippen MR) is 88.9 cm³/mol. The number of carbonyl (C=O) groups excluding carboxylic acids is 2. The predicted octanol–water partition coefficient (Wildman–Crippen LogP) is 2.60. The van der Waals surface area contributed by atoms with Gasteiger partial charge in [-0.25, -0.2) is 4.79 Å². The molecule has 122 valence electrons. The molecule has 22 heavy (non-hydrogen) atoms. The monoisotopic (exact) mass is 323 g/mol. The summed E-state index contributed by atoms with van der Waals surface area (Å²) in [5.74, 6) is 0.0220. The third kappa shape index (κ3) is 4.22. The summed E-state index contributed by atoms with van der Waals surface area (Å²) in [7, 11) is 1.76. The average molecular weight is 323 g/mol. The van der Waals surface area contributed by atoms with E-state index in [4.69, 9.17) is 0 Å². The van der Waals surface area contributed by atoms with Crippen molar-refractivity contribution in [3.05, 3.63) is 21.9 Å². The highest BCUT2D eigenvalue weighted by Gasteiger charge is 2.24. The quantitative estimate of drug-likeness (QED) is 0.926. The standard InChI is InChI=1S/C16H25N3O2S/c1-12-7-10-22-14(12)11-18(3)16(21)17-13(2)15(20)19-8-5-4-6-9-19/h7,10,13H,4-6,8-9,11H2,1-3H3,(H,17,21)/t13-/m1/s1. The number of nitrogens with zero attached hydrogens (tertiary/aromatic N) is 2. The fourth-order valence-corrected chi connectivity index (χ4v) is 3.56. The van der Waals surface area contributed by atoms with E-state index in [-0.39, 0.29) is 11.9 Å². The van der Waals surface area contributed by atoms with Crippen LogP contribution in [0.15, 0.2) is 11.4 Å². The fraction of sp³-hybridized carbons (Fsp3) is 0.625. The SMILES string of the molecule is Cc1ccsc1CN(C)C(=O)N[C@H](C)C(=O)N1CCCCC1. The molecule has 0 unspecified atom stereocenters. The summed E-state index contributed by atoms with van der Waals surface area (Å²) in [5, 5.41) is 4.84. The molecule has 1 saturated heterocycles. The van der Waals surface area contributed by atoms with Crippen molar-refractivity contribution in [2.45, 2.75) is 45.7 Å².